The number of allylic oxidation sites excluding steroid dienone is 1. The van der Waals surface area contributed by atoms with E-state index in [0.717, 1.165) is 24.3 Å². The fourth-order valence-electron chi connectivity index (χ4n) is 4.67. The van der Waals surface area contributed by atoms with Crippen molar-refractivity contribution in [2.24, 2.45) is 5.92 Å². The van der Waals surface area contributed by atoms with Crippen LogP contribution in [0.4, 0.5) is 0 Å². The lowest BCUT2D eigenvalue weighted by Crippen LogP contribution is -2.05. The summed E-state index contributed by atoms with van der Waals surface area (Å²) >= 11 is 0. The Kier molecular flexibility index (Phi) is 9.63. The molecule has 0 heteroatoms. The van der Waals surface area contributed by atoms with Gasteiger partial charge in [0.15, 0.2) is 0 Å². The Morgan fingerprint density at radius 3 is 2.23 bits per heavy atom. The molecule has 0 heterocycles. The number of hydrogen-bond donors (Lipinski definition) is 0. The van der Waals surface area contributed by atoms with Crippen LogP contribution < -0.4 is 0 Å². The SMILES string of the molecule is C.C=C(CCCCC1CCCCC1)c1ccc(C(=C)c2cc(CC)ccc2C)cc1. The molecule has 0 aromatic heterocycles. The quantitative estimate of drug-likeness (QED) is 0.366. The van der Waals surface area contributed by atoms with Crippen molar-refractivity contribution in [3.8, 4) is 0 Å². The zero-order valence-corrected chi connectivity index (χ0v) is 18.6. The molecular weight excluding hydrogens is 360 g/mol. The molecule has 0 atom stereocenters. The second-order valence-corrected chi connectivity index (χ2v) is 8.91. The van der Waals surface area contributed by atoms with Gasteiger partial charge in [0.25, 0.3) is 0 Å². The lowest BCUT2D eigenvalue weighted by molar-refractivity contribution is 0.330. The number of hydrogen-bond acceptors (Lipinski definition) is 0. The van der Waals surface area contributed by atoms with Crippen LogP contribution in [0.3, 0.4) is 0 Å². The maximum Gasteiger partial charge on any atom is -0.0152 e. The highest BCUT2D eigenvalue weighted by molar-refractivity contribution is 5.80. The van der Waals surface area contributed by atoms with Gasteiger partial charge in [0.1, 0.15) is 0 Å². The van der Waals surface area contributed by atoms with Crippen LogP contribution in [0, 0.1) is 12.8 Å². The topological polar surface area (TPSA) is 0 Å². The average molecular weight is 403 g/mol. The van der Waals surface area contributed by atoms with Crippen LogP contribution in [0.15, 0.2) is 55.6 Å². The third-order valence-electron chi connectivity index (χ3n) is 6.74. The molecule has 0 aliphatic heterocycles. The van der Waals surface area contributed by atoms with E-state index in [0.29, 0.717) is 0 Å². The molecule has 1 saturated carbocycles. The van der Waals surface area contributed by atoms with Crippen molar-refractivity contribution in [1.82, 2.24) is 0 Å². The summed E-state index contributed by atoms with van der Waals surface area (Å²) < 4.78 is 0. The maximum atomic E-state index is 4.39. The molecule has 0 N–H and O–H groups in total. The molecule has 0 unspecified atom stereocenters. The summed E-state index contributed by atoms with van der Waals surface area (Å²) in [6.07, 6.45) is 13.5. The summed E-state index contributed by atoms with van der Waals surface area (Å²) in [5.74, 6) is 0.997. The van der Waals surface area contributed by atoms with Gasteiger partial charge in [-0.2, -0.15) is 0 Å². The van der Waals surface area contributed by atoms with E-state index in [1.807, 2.05) is 0 Å². The zero-order chi connectivity index (χ0) is 20.6. The largest absolute Gasteiger partial charge is 0.0952 e. The molecule has 162 valence electrons. The second kappa shape index (κ2) is 11.9. The smallest absolute Gasteiger partial charge is 0.0152 e. The van der Waals surface area contributed by atoms with Gasteiger partial charge in [-0.05, 0) is 71.1 Å². The molecule has 0 nitrogen and oxygen atoms in total. The highest BCUT2D eigenvalue weighted by Gasteiger charge is 2.13. The predicted octanol–water partition coefficient (Wildman–Crippen LogP) is 9.41. The fourth-order valence-corrected chi connectivity index (χ4v) is 4.67. The molecule has 3 rings (SSSR count). The van der Waals surface area contributed by atoms with Crippen LogP contribution in [0.2, 0.25) is 0 Å². The zero-order valence-electron chi connectivity index (χ0n) is 18.6. The van der Waals surface area contributed by atoms with Gasteiger partial charge in [0.2, 0.25) is 0 Å². The monoisotopic (exact) mass is 402 g/mol. The van der Waals surface area contributed by atoms with Crippen molar-refractivity contribution in [3.63, 3.8) is 0 Å². The molecule has 0 amide bonds. The summed E-state index contributed by atoms with van der Waals surface area (Å²) in [6, 6.07) is 15.6. The normalized spacial score (nSPS) is 14.2. The predicted molar refractivity (Wildman–Crippen MR) is 136 cm³/mol. The molecule has 1 aliphatic carbocycles. The standard InChI is InChI=1S/C29H38.CH4/c1-5-25-16-15-23(3)29(21-25)24(4)28-19-17-27(18-20-28)22(2)11-9-10-14-26-12-7-6-8-13-26;/h15-21,26H,2,4-14H2,1,3H3;1H4. The average Bonchev–Trinajstić information content (AvgIpc) is 2.77. The Bertz CT molecular complexity index is 816. The van der Waals surface area contributed by atoms with Gasteiger partial charge in [-0.15, -0.1) is 0 Å². The van der Waals surface area contributed by atoms with Gasteiger partial charge < -0.3 is 0 Å². The maximum absolute atomic E-state index is 4.39. The van der Waals surface area contributed by atoms with Gasteiger partial charge in [0.05, 0.1) is 0 Å². The number of aryl methyl sites for hydroxylation is 2. The van der Waals surface area contributed by atoms with Crippen LogP contribution in [-0.2, 0) is 6.42 Å². The lowest BCUT2D eigenvalue weighted by Gasteiger charge is -2.21. The van der Waals surface area contributed by atoms with Crippen molar-refractivity contribution in [2.75, 3.05) is 0 Å². The Morgan fingerprint density at radius 1 is 0.900 bits per heavy atom. The highest BCUT2D eigenvalue weighted by atomic mass is 14.2. The fraction of sp³-hybridized carbons (Fsp3) is 0.467. The lowest BCUT2D eigenvalue weighted by atomic mass is 9.85. The van der Waals surface area contributed by atoms with Crippen LogP contribution in [0.1, 0.15) is 100.0 Å². The van der Waals surface area contributed by atoms with Gasteiger partial charge in [-0.1, -0.05) is 115 Å². The number of rotatable bonds is 9. The Balaban J connectivity index is 0.00000320. The van der Waals surface area contributed by atoms with Gasteiger partial charge in [-0.25, -0.2) is 0 Å². The first kappa shape index (κ1) is 24.2. The molecular formula is C30H42. The van der Waals surface area contributed by atoms with E-state index in [-0.39, 0.29) is 7.43 Å². The first-order valence-electron chi connectivity index (χ1n) is 11.7. The molecule has 0 radical (unpaired) electrons. The van der Waals surface area contributed by atoms with Crippen molar-refractivity contribution < 1.29 is 0 Å². The van der Waals surface area contributed by atoms with Crippen molar-refractivity contribution in [2.45, 2.75) is 85.5 Å². The molecule has 1 aliphatic rings. The minimum Gasteiger partial charge on any atom is -0.0952 e. The molecule has 0 bridgehead atoms. The first-order valence-corrected chi connectivity index (χ1v) is 11.7. The summed E-state index contributed by atoms with van der Waals surface area (Å²) in [5.41, 5.74) is 8.79. The van der Waals surface area contributed by atoms with E-state index < -0.39 is 0 Å². The molecule has 2 aromatic carbocycles. The highest BCUT2D eigenvalue weighted by Crippen LogP contribution is 2.30. The second-order valence-electron chi connectivity index (χ2n) is 8.91. The molecule has 1 fully saturated rings. The molecule has 0 saturated heterocycles. The number of benzene rings is 2. The van der Waals surface area contributed by atoms with Gasteiger partial charge in [-0.3, -0.25) is 0 Å². The van der Waals surface area contributed by atoms with Gasteiger partial charge >= 0.3 is 0 Å². The van der Waals surface area contributed by atoms with E-state index in [4.69, 9.17) is 0 Å². The Morgan fingerprint density at radius 2 is 1.57 bits per heavy atom. The minimum atomic E-state index is 0. The van der Waals surface area contributed by atoms with Gasteiger partial charge in [0, 0.05) is 0 Å². The van der Waals surface area contributed by atoms with Crippen molar-refractivity contribution in [3.05, 3.63) is 83.4 Å². The van der Waals surface area contributed by atoms with Crippen LogP contribution in [0.5, 0.6) is 0 Å². The molecule has 2 aromatic rings. The first-order chi connectivity index (χ1) is 14.1. The van der Waals surface area contributed by atoms with Crippen molar-refractivity contribution >= 4 is 11.1 Å². The Hall–Kier alpha value is -2.08. The van der Waals surface area contributed by atoms with E-state index in [2.05, 4.69) is 69.5 Å². The summed E-state index contributed by atoms with van der Waals surface area (Å²) in [5, 5.41) is 0. The minimum absolute atomic E-state index is 0. The molecule has 30 heavy (non-hydrogen) atoms. The van der Waals surface area contributed by atoms with Crippen LogP contribution >= 0.6 is 0 Å². The summed E-state index contributed by atoms with van der Waals surface area (Å²) in [4.78, 5) is 0. The van der Waals surface area contributed by atoms with Crippen molar-refractivity contribution in [1.29, 1.82) is 0 Å². The van der Waals surface area contributed by atoms with Crippen LogP contribution in [0.25, 0.3) is 11.1 Å². The van der Waals surface area contributed by atoms with E-state index >= 15 is 0 Å². The molecule has 0 spiro atoms. The van der Waals surface area contributed by atoms with Crippen LogP contribution in [-0.4, -0.2) is 0 Å². The summed E-state index contributed by atoms with van der Waals surface area (Å²) in [6.45, 7) is 13.1. The van der Waals surface area contributed by atoms with E-state index in [1.54, 1.807) is 0 Å². The van der Waals surface area contributed by atoms with E-state index in [9.17, 15) is 0 Å². The Labute approximate surface area is 186 Å². The van der Waals surface area contributed by atoms with E-state index in [1.165, 1.54) is 84.8 Å². The summed E-state index contributed by atoms with van der Waals surface area (Å²) in [7, 11) is 0. The number of unbranched alkanes of at least 4 members (excludes halogenated alkanes) is 1. The third-order valence-corrected chi connectivity index (χ3v) is 6.74. The third kappa shape index (κ3) is 6.46.